The zero-order chi connectivity index (χ0) is 32.0. The predicted octanol–water partition coefficient (Wildman–Crippen LogP) is 10.8. The van der Waals surface area contributed by atoms with Crippen molar-refractivity contribution >= 4 is 53.9 Å². The van der Waals surface area contributed by atoms with Gasteiger partial charge < -0.3 is 0 Å². The minimum Gasteiger partial charge on any atom is -0.0616 e. The lowest BCUT2D eigenvalue weighted by atomic mass is 9.85. The van der Waals surface area contributed by atoms with Crippen LogP contribution in [0.15, 0.2) is 145 Å². The van der Waals surface area contributed by atoms with E-state index in [1.165, 1.54) is 0 Å². The molecule has 0 aliphatic rings. The average Bonchev–Trinajstić information content (AvgIpc) is 3.09. The van der Waals surface area contributed by atoms with Crippen LogP contribution < -0.4 is 0 Å². The van der Waals surface area contributed by atoms with Crippen LogP contribution in [0.1, 0.15) is 11.0 Å². The molecule has 8 aromatic rings. The van der Waals surface area contributed by atoms with Gasteiger partial charge in [-0.3, -0.25) is 0 Å². The van der Waals surface area contributed by atoms with Crippen molar-refractivity contribution in [3.8, 4) is 22.3 Å². The maximum atomic E-state index is 9.21. The zero-order valence-electron chi connectivity index (χ0n) is 28.2. The van der Waals surface area contributed by atoms with Crippen LogP contribution in [0.2, 0.25) is 0 Å². The molecule has 0 heterocycles. The number of hydrogen-bond acceptors (Lipinski definition) is 0. The first-order valence-corrected chi connectivity index (χ1v) is 12.5. The number of fused-ring (bicyclic) bond motifs is 6. The highest BCUT2D eigenvalue weighted by Crippen LogP contribution is 2.44. The van der Waals surface area contributed by atoms with Gasteiger partial charge in [0.2, 0.25) is 0 Å². The molecule has 38 heavy (non-hydrogen) atoms. The van der Waals surface area contributed by atoms with E-state index in [0.717, 1.165) is 32.3 Å². The average molecular weight is 489 g/mol. The molecule has 0 atom stereocenters. The Morgan fingerprint density at radius 2 is 0.789 bits per heavy atom. The molecular weight excluding hydrogens is 456 g/mol. The van der Waals surface area contributed by atoms with Gasteiger partial charge in [-0.1, -0.05) is 133 Å². The van der Waals surface area contributed by atoms with Crippen LogP contribution in [-0.4, -0.2) is 0 Å². The number of rotatable bonds is 2. The topological polar surface area (TPSA) is 0 Å². The first-order chi connectivity index (χ1) is 22.2. The lowest BCUT2D eigenvalue weighted by Gasteiger charge is -2.18. The van der Waals surface area contributed by atoms with Gasteiger partial charge >= 0.3 is 0 Å². The van der Waals surface area contributed by atoms with Gasteiger partial charge in [0.05, 0.1) is 11.0 Å². The van der Waals surface area contributed by atoms with E-state index in [1.54, 1.807) is 0 Å². The second-order valence-corrected chi connectivity index (χ2v) is 9.53. The van der Waals surface area contributed by atoms with Crippen LogP contribution in [0.3, 0.4) is 0 Å². The third kappa shape index (κ3) is 3.17. The van der Waals surface area contributed by atoms with E-state index >= 15 is 0 Å². The van der Waals surface area contributed by atoms with Crippen molar-refractivity contribution in [1.29, 1.82) is 0 Å². The summed E-state index contributed by atoms with van der Waals surface area (Å²) in [4.78, 5) is 0. The molecule has 0 radical (unpaired) electrons. The second kappa shape index (κ2) is 8.30. The van der Waals surface area contributed by atoms with Crippen LogP contribution in [0.4, 0.5) is 0 Å². The quantitative estimate of drug-likeness (QED) is 0.168. The molecule has 0 saturated heterocycles. The van der Waals surface area contributed by atoms with Crippen molar-refractivity contribution in [2.75, 3.05) is 0 Å². The summed E-state index contributed by atoms with van der Waals surface area (Å²) < 4.78 is 71.5. The lowest BCUT2D eigenvalue weighted by molar-refractivity contribution is 1.68. The summed E-state index contributed by atoms with van der Waals surface area (Å²) in [5, 5.41) is 6.68. The van der Waals surface area contributed by atoms with Crippen LogP contribution in [0.5, 0.6) is 0 Å². The Bertz CT molecular complexity index is 2540. The highest BCUT2D eigenvalue weighted by Gasteiger charge is 2.17. The summed E-state index contributed by atoms with van der Waals surface area (Å²) in [7, 11) is 0. The number of hydrogen-bond donors (Lipinski definition) is 0. The van der Waals surface area contributed by atoms with Crippen molar-refractivity contribution in [2.24, 2.45) is 0 Å². The lowest BCUT2D eigenvalue weighted by Crippen LogP contribution is -1.91. The van der Waals surface area contributed by atoms with Gasteiger partial charge in [-0.25, -0.2) is 0 Å². The van der Waals surface area contributed by atoms with Gasteiger partial charge in [0.25, 0.3) is 0 Å². The largest absolute Gasteiger partial charge is 0.0629 e. The summed E-state index contributed by atoms with van der Waals surface area (Å²) in [6, 6.07) is 28.6. The van der Waals surface area contributed by atoms with Gasteiger partial charge in [0.15, 0.2) is 0 Å². The molecule has 0 amide bonds. The van der Waals surface area contributed by atoms with Crippen molar-refractivity contribution < 1.29 is 11.0 Å². The highest BCUT2D eigenvalue weighted by molar-refractivity contribution is 6.22. The maximum Gasteiger partial charge on any atom is 0.0629 e. The molecular formula is C38H24. The third-order valence-electron chi connectivity index (χ3n) is 7.45. The summed E-state index contributed by atoms with van der Waals surface area (Å²) in [6.07, 6.45) is 0. The standard InChI is InChI=1S/C38H24/c1-2-11-28-23-29(21-17-25(28)9-1)37-32-13-5-7-15-34(32)38(35-16-8-6-14-33(35)37)30-22-20-27-19-18-26-10-3-4-12-31(26)36(27)24-30/h1-24H/i5D,6D,7D,8D,13D,14D,15D,16D. The maximum absolute atomic E-state index is 9.21. The van der Waals surface area contributed by atoms with Crippen LogP contribution in [0, 0.1) is 0 Å². The minimum absolute atomic E-state index is 0.214. The fraction of sp³-hybridized carbons (Fsp3) is 0. The SMILES string of the molecule is [2H]c1c([2H])c([2H])c2c(-c3ccc4ccc5ccccc5c4c3)c3c([2H])c([2H])c([2H])c([2H])c3c(-c3ccc4ccccc4c3)c2c1[2H]. The van der Waals surface area contributed by atoms with E-state index in [9.17, 15) is 5.48 Å². The first-order valence-electron chi connectivity index (χ1n) is 16.5. The Balaban J connectivity index is 1.66. The van der Waals surface area contributed by atoms with E-state index in [4.69, 9.17) is 5.48 Å². The molecule has 176 valence electrons. The Morgan fingerprint density at radius 1 is 0.342 bits per heavy atom. The molecule has 0 unspecified atom stereocenters. The molecule has 0 N–H and O–H groups in total. The molecule has 0 aliphatic heterocycles. The van der Waals surface area contributed by atoms with E-state index in [1.807, 2.05) is 97.1 Å². The molecule has 0 nitrogen and oxygen atoms in total. The monoisotopic (exact) mass is 488 g/mol. The molecule has 8 rings (SSSR count). The Morgan fingerprint density at radius 3 is 1.42 bits per heavy atom. The zero-order valence-corrected chi connectivity index (χ0v) is 20.2. The summed E-state index contributed by atoms with van der Waals surface area (Å²) in [6.45, 7) is 0. The predicted molar refractivity (Wildman–Crippen MR) is 165 cm³/mol. The van der Waals surface area contributed by atoms with Gasteiger partial charge in [0.1, 0.15) is 0 Å². The fourth-order valence-electron chi connectivity index (χ4n) is 5.70. The minimum atomic E-state index is -0.408. The Kier molecular flexibility index (Phi) is 3.21. The van der Waals surface area contributed by atoms with Crippen molar-refractivity contribution in [3.05, 3.63) is 145 Å². The molecule has 0 heteroatoms. The summed E-state index contributed by atoms with van der Waals surface area (Å²) in [5.41, 5.74) is 1.90. The van der Waals surface area contributed by atoms with Gasteiger partial charge in [-0.2, -0.15) is 0 Å². The van der Waals surface area contributed by atoms with Gasteiger partial charge in [0, 0.05) is 0 Å². The van der Waals surface area contributed by atoms with E-state index in [-0.39, 0.29) is 45.7 Å². The van der Waals surface area contributed by atoms with E-state index in [2.05, 4.69) is 0 Å². The fourth-order valence-corrected chi connectivity index (χ4v) is 5.70. The van der Waals surface area contributed by atoms with Crippen molar-refractivity contribution in [2.45, 2.75) is 0 Å². The van der Waals surface area contributed by atoms with E-state index in [0.29, 0.717) is 22.3 Å². The highest BCUT2D eigenvalue weighted by atomic mass is 14.2. The third-order valence-corrected chi connectivity index (χ3v) is 7.45. The molecule has 0 aliphatic carbocycles. The van der Waals surface area contributed by atoms with Crippen LogP contribution in [-0.2, 0) is 0 Å². The molecule has 0 saturated carbocycles. The molecule has 0 spiro atoms. The van der Waals surface area contributed by atoms with E-state index < -0.39 is 24.2 Å². The second-order valence-electron chi connectivity index (χ2n) is 9.53. The molecule has 0 aromatic heterocycles. The van der Waals surface area contributed by atoms with Gasteiger partial charge in [-0.15, -0.1) is 0 Å². The first kappa shape index (κ1) is 14.7. The van der Waals surface area contributed by atoms with Gasteiger partial charge in [-0.05, 0) is 88.2 Å². The molecule has 8 aromatic carbocycles. The number of benzene rings is 8. The Labute approximate surface area is 232 Å². The van der Waals surface area contributed by atoms with Crippen LogP contribution in [0.25, 0.3) is 76.1 Å². The molecule has 0 fully saturated rings. The van der Waals surface area contributed by atoms with Crippen LogP contribution >= 0.6 is 0 Å². The molecule has 0 bridgehead atoms. The Hall–Kier alpha value is -4.94. The normalized spacial score (nSPS) is 14.6. The van der Waals surface area contributed by atoms with Crippen molar-refractivity contribution in [1.82, 2.24) is 0 Å². The summed E-state index contributed by atoms with van der Waals surface area (Å²) in [5.74, 6) is 0. The smallest absolute Gasteiger partial charge is 0.0616 e. The summed E-state index contributed by atoms with van der Waals surface area (Å²) >= 11 is 0. The van der Waals surface area contributed by atoms with Crippen molar-refractivity contribution in [3.63, 3.8) is 0 Å².